The summed E-state index contributed by atoms with van der Waals surface area (Å²) >= 11 is 0. The van der Waals surface area contributed by atoms with Crippen molar-refractivity contribution in [3.63, 3.8) is 0 Å². The number of carbonyl (C=O) groups excluding carboxylic acids is 2. The molecule has 150 valence electrons. The molecule has 1 saturated carbocycles. The van der Waals surface area contributed by atoms with E-state index in [1.807, 2.05) is 30.0 Å². The second kappa shape index (κ2) is 8.03. The summed E-state index contributed by atoms with van der Waals surface area (Å²) in [6.07, 6.45) is 6.86. The van der Waals surface area contributed by atoms with Crippen molar-refractivity contribution in [3.8, 4) is 0 Å². The molecule has 2 N–H and O–H groups in total. The van der Waals surface area contributed by atoms with Crippen LogP contribution in [0.15, 0.2) is 23.2 Å². The van der Waals surface area contributed by atoms with E-state index in [2.05, 4.69) is 4.99 Å². The minimum Gasteiger partial charge on any atom is -0.341 e. The number of nitrogens with two attached hydrogens (primary N) is 1. The Labute approximate surface area is 166 Å². The van der Waals surface area contributed by atoms with Crippen LogP contribution in [0.1, 0.15) is 56.1 Å². The number of benzene rings is 1. The Bertz CT molecular complexity index is 792. The maximum absolute atomic E-state index is 13.1. The first-order chi connectivity index (χ1) is 13.6. The van der Waals surface area contributed by atoms with Crippen LogP contribution in [-0.4, -0.2) is 48.2 Å². The van der Waals surface area contributed by atoms with Gasteiger partial charge in [-0.25, -0.2) is 0 Å². The zero-order valence-corrected chi connectivity index (χ0v) is 16.7. The molecule has 6 heteroatoms. The number of aliphatic imine (C=N–C) groups is 1. The van der Waals surface area contributed by atoms with Crippen LogP contribution in [-0.2, 0) is 9.59 Å². The summed E-state index contributed by atoms with van der Waals surface area (Å²) in [4.78, 5) is 34.3. The second-order valence-corrected chi connectivity index (χ2v) is 8.28. The summed E-state index contributed by atoms with van der Waals surface area (Å²) in [7, 11) is 0. The number of likely N-dealkylation sites (tertiary alicyclic amines) is 1. The average molecular weight is 383 g/mol. The number of fused-ring (bicyclic) bond motifs is 1. The third-order valence-electron chi connectivity index (χ3n) is 6.05. The van der Waals surface area contributed by atoms with E-state index in [0.29, 0.717) is 5.92 Å². The number of hydrogen-bond donors (Lipinski definition) is 1. The van der Waals surface area contributed by atoms with Gasteiger partial charge >= 0.3 is 0 Å². The molecule has 1 atom stereocenters. The van der Waals surface area contributed by atoms with E-state index in [1.165, 1.54) is 6.42 Å². The number of nitrogens with zero attached hydrogens (tertiary/aromatic N) is 3. The number of aryl methyl sites for hydroxylation is 1. The van der Waals surface area contributed by atoms with Gasteiger partial charge in [-0.15, -0.1) is 0 Å². The van der Waals surface area contributed by atoms with E-state index in [0.717, 1.165) is 74.1 Å². The zero-order chi connectivity index (χ0) is 19.7. The van der Waals surface area contributed by atoms with Gasteiger partial charge in [0.1, 0.15) is 6.54 Å². The van der Waals surface area contributed by atoms with Crippen LogP contribution in [0, 0.1) is 12.8 Å². The van der Waals surface area contributed by atoms with E-state index in [-0.39, 0.29) is 18.4 Å². The summed E-state index contributed by atoms with van der Waals surface area (Å²) in [5.74, 6) is 0.0996. The minimum atomic E-state index is -0.942. The molecular formula is C22H30N4O2. The zero-order valence-electron chi connectivity index (χ0n) is 16.7. The molecule has 4 rings (SSSR count). The lowest BCUT2D eigenvalue weighted by molar-refractivity contribution is -0.131. The number of carbonyl (C=O) groups is 2. The van der Waals surface area contributed by atoms with E-state index in [4.69, 9.17) is 5.73 Å². The van der Waals surface area contributed by atoms with E-state index < -0.39 is 6.17 Å². The molecule has 1 aromatic rings. The van der Waals surface area contributed by atoms with Gasteiger partial charge in [-0.05, 0) is 38.2 Å². The monoisotopic (exact) mass is 382 g/mol. The Morgan fingerprint density at radius 3 is 2.50 bits per heavy atom. The average Bonchev–Trinajstić information content (AvgIpc) is 3.48. The molecule has 2 fully saturated rings. The Morgan fingerprint density at radius 1 is 1.14 bits per heavy atom. The van der Waals surface area contributed by atoms with Gasteiger partial charge in [-0.3, -0.25) is 19.5 Å². The fraction of sp³-hybridized carbons (Fsp3) is 0.591. The molecule has 3 aliphatic rings. The van der Waals surface area contributed by atoms with Crippen LogP contribution in [0.5, 0.6) is 0 Å². The van der Waals surface area contributed by atoms with Crippen molar-refractivity contribution in [1.82, 2.24) is 4.90 Å². The van der Waals surface area contributed by atoms with E-state index >= 15 is 0 Å². The van der Waals surface area contributed by atoms with Crippen LogP contribution in [0.25, 0.3) is 0 Å². The van der Waals surface area contributed by atoms with Gasteiger partial charge < -0.3 is 10.6 Å². The molecular weight excluding hydrogens is 352 g/mol. The van der Waals surface area contributed by atoms with Crippen molar-refractivity contribution in [2.45, 2.75) is 58.0 Å². The number of benzodiazepines with no additional fused rings is 1. The highest BCUT2D eigenvalue weighted by Crippen LogP contribution is 2.39. The highest BCUT2D eigenvalue weighted by Gasteiger charge is 2.37. The topological polar surface area (TPSA) is 79.0 Å². The molecule has 2 heterocycles. The SMILES string of the molecule is Cc1cccc2c1N(CC(=O)N1CCCCCCC1)C(=O)C(N)N=C2C1CC1. The van der Waals surface area contributed by atoms with Crippen molar-refractivity contribution < 1.29 is 9.59 Å². The molecule has 1 unspecified atom stereocenters. The second-order valence-electron chi connectivity index (χ2n) is 8.28. The van der Waals surface area contributed by atoms with Crippen LogP contribution in [0.4, 0.5) is 5.69 Å². The predicted octanol–water partition coefficient (Wildman–Crippen LogP) is 2.62. The summed E-state index contributed by atoms with van der Waals surface area (Å²) in [5, 5.41) is 0. The van der Waals surface area contributed by atoms with Crippen molar-refractivity contribution in [3.05, 3.63) is 29.3 Å². The lowest BCUT2D eigenvalue weighted by Gasteiger charge is -2.30. The first kappa shape index (κ1) is 19.1. The van der Waals surface area contributed by atoms with Gasteiger partial charge in [0.15, 0.2) is 6.17 Å². The molecule has 1 aliphatic carbocycles. The Hall–Kier alpha value is -2.21. The maximum Gasteiger partial charge on any atom is 0.266 e. The van der Waals surface area contributed by atoms with Crippen LogP contribution >= 0.6 is 0 Å². The normalized spacial score (nSPS) is 23.4. The van der Waals surface area contributed by atoms with Crippen LogP contribution < -0.4 is 10.6 Å². The van der Waals surface area contributed by atoms with Crippen molar-refractivity contribution in [2.75, 3.05) is 24.5 Å². The quantitative estimate of drug-likeness (QED) is 0.873. The number of para-hydroxylation sites is 1. The first-order valence-electron chi connectivity index (χ1n) is 10.6. The first-order valence-corrected chi connectivity index (χ1v) is 10.6. The van der Waals surface area contributed by atoms with Gasteiger partial charge in [-0.1, -0.05) is 37.5 Å². The van der Waals surface area contributed by atoms with Crippen LogP contribution in [0.2, 0.25) is 0 Å². The molecule has 2 aliphatic heterocycles. The molecule has 0 radical (unpaired) electrons. The lowest BCUT2D eigenvalue weighted by Crippen LogP contribution is -2.48. The lowest BCUT2D eigenvalue weighted by atomic mass is 10.00. The van der Waals surface area contributed by atoms with Gasteiger partial charge in [0.25, 0.3) is 5.91 Å². The fourth-order valence-electron chi connectivity index (χ4n) is 4.34. The fourth-order valence-corrected chi connectivity index (χ4v) is 4.34. The summed E-state index contributed by atoms with van der Waals surface area (Å²) < 4.78 is 0. The summed E-state index contributed by atoms with van der Waals surface area (Å²) in [6.45, 7) is 3.58. The standard InChI is InChI=1S/C22H30N4O2/c1-15-8-7-9-17-19(16-10-11-16)24-21(23)22(28)26(20(15)17)14-18(27)25-12-5-3-2-4-6-13-25/h7-9,16,21H,2-6,10-14,23H2,1H3. The molecule has 2 amide bonds. The van der Waals surface area contributed by atoms with Gasteiger partial charge in [0.2, 0.25) is 5.91 Å². The highest BCUT2D eigenvalue weighted by molar-refractivity contribution is 6.15. The van der Waals surface area contributed by atoms with Crippen molar-refractivity contribution in [2.24, 2.45) is 16.6 Å². The molecule has 1 saturated heterocycles. The summed E-state index contributed by atoms with van der Waals surface area (Å²) in [5.41, 5.74) is 9.84. The molecule has 6 nitrogen and oxygen atoms in total. The Kier molecular flexibility index (Phi) is 5.49. The summed E-state index contributed by atoms with van der Waals surface area (Å²) in [6, 6.07) is 5.99. The van der Waals surface area contributed by atoms with Crippen molar-refractivity contribution >= 4 is 23.2 Å². The van der Waals surface area contributed by atoms with Gasteiger partial charge in [-0.2, -0.15) is 0 Å². The predicted molar refractivity (Wildman–Crippen MR) is 110 cm³/mol. The smallest absolute Gasteiger partial charge is 0.266 e. The Balaban J connectivity index is 1.64. The molecule has 28 heavy (non-hydrogen) atoms. The minimum absolute atomic E-state index is 0.00604. The van der Waals surface area contributed by atoms with Gasteiger partial charge in [0.05, 0.1) is 5.69 Å². The molecule has 0 spiro atoms. The number of amides is 2. The Morgan fingerprint density at radius 2 is 1.82 bits per heavy atom. The molecule has 0 bridgehead atoms. The largest absolute Gasteiger partial charge is 0.341 e. The van der Waals surface area contributed by atoms with E-state index in [1.54, 1.807) is 4.90 Å². The third kappa shape index (κ3) is 3.83. The van der Waals surface area contributed by atoms with Crippen LogP contribution in [0.3, 0.4) is 0 Å². The molecule has 1 aromatic carbocycles. The number of anilines is 1. The van der Waals surface area contributed by atoms with Gasteiger partial charge in [0, 0.05) is 30.3 Å². The number of rotatable bonds is 3. The highest BCUT2D eigenvalue weighted by atomic mass is 16.2. The van der Waals surface area contributed by atoms with E-state index in [9.17, 15) is 9.59 Å². The molecule has 0 aromatic heterocycles. The van der Waals surface area contributed by atoms with Crippen molar-refractivity contribution in [1.29, 1.82) is 0 Å². The maximum atomic E-state index is 13.1. The number of hydrogen-bond acceptors (Lipinski definition) is 4. The third-order valence-corrected chi connectivity index (χ3v) is 6.05.